The average Bonchev–Trinajstić information content (AvgIpc) is 2.38. The van der Waals surface area contributed by atoms with Gasteiger partial charge < -0.3 is 10.1 Å². The van der Waals surface area contributed by atoms with Gasteiger partial charge in [0.2, 0.25) is 5.95 Å². The third-order valence-electron chi connectivity index (χ3n) is 2.46. The lowest BCUT2D eigenvalue weighted by molar-refractivity contribution is 0.102. The highest BCUT2D eigenvalue weighted by molar-refractivity contribution is 9.10. The molecule has 1 aromatic carbocycles. The van der Waals surface area contributed by atoms with Crippen LogP contribution in [0.25, 0.3) is 0 Å². The van der Waals surface area contributed by atoms with Gasteiger partial charge in [0.25, 0.3) is 5.91 Å². The van der Waals surface area contributed by atoms with E-state index in [0.717, 1.165) is 0 Å². The van der Waals surface area contributed by atoms with Gasteiger partial charge in [0, 0.05) is 11.2 Å². The Labute approximate surface area is 128 Å². The first kappa shape index (κ1) is 14.7. The molecule has 0 fully saturated rings. The van der Waals surface area contributed by atoms with Gasteiger partial charge in [-0.15, -0.1) is 0 Å². The SMILES string of the molecule is COc1c(Br)cc(Cl)cc1NC(=O)c1cccnc1F. The zero-order valence-electron chi connectivity index (χ0n) is 10.3. The summed E-state index contributed by atoms with van der Waals surface area (Å²) < 4.78 is 19.2. The number of carbonyl (C=O) groups is 1. The highest BCUT2D eigenvalue weighted by Gasteiger charge is 2.16. The molecule has 4 nitrogen and oxygen atoms in total. The number of carbonyl (C=O) groups excluding carboxylic acids is 1. The Balaban J connectivity index is 2.35. The van der Waals surface area contributed by atoms with Crippen molar-refractivity contribution in [3.8, 4) is 5.75 Å². The number of nitrogens with zero attached hydrogens (tertiary/aromatic N) is 1. The van der Waals surface area contributed by atoms with Crippen molar-refractivity contribution in [2.24, 2.45) is 0 Å². The fraction of sp³-hybridized carbons (Fsp3) is 0.0769. The van der Waals surface area contributed by atoms with Gasteiger partial charge in [-0.25, -0.2) is 4.98 Å². The molecular formula is C13H9BrClFN2O2. The first-order valence-electron chi connectivity index (χ1n) is 5.48. The van der Waals surface area contributed by atoms with Gasteiger partial charge in [-0.1, -0.05) is 11.6 Å². The smallest absolute Gasteiger partial charge is 0.260 e. The second kappa shape index (κ2) is 6.19. The molecule has 0 saturated heterocycles. The fourth-order valence-corrected chi connectivity index (χ4v) is 2.58. The summed E-state index contributed by atoms with van der Waals surface area (Å²) in [5, 5.41) is 2.94. The van der Waals surface area contributed by atoms with Crippen molar-refractivity contribution < 1.29 is 13.9 Å². The number of rotatable bonds is 3. The summed E-state index contributed by atoms with van der Waals surface area (Å²) in [7, 11) is 1.45. The largest absolute Gasteiger partial charge is 0.493 e. The number of hydrogen-bond donors (Lipinski definition) is 1. The molecule has 0 saturated carbocycles. The molecule has 20 heavy (non-hydrogen) atoms. The summed E-state index contributed by atoms with van der Waals surface area (Å²) in [6.45, 7) is 0. The van der Waals surface area contributed by atoms with Gasteiger partial charge in [-0.3, -0.25) is 4.79 Å². The minimum Gasteiger partial charge on any atom is -0.493 e. The summed E-state index contributed by atoms with van der Waals surface area (Å²) in [6.07, 6.45) is 1.27. The second-order valence-corrected chi connectivity index (χ2v) is 5.06. The Morgan fingerprint density at radius 3 is 2.90 bits per heavy atom. The topological polar surface area (TPSA) is 51.2 Å². The van der Waals surface area contributed by atoms with Gasteiger partial charge in [0.15, 0.2) is 5.75 Å². The van der Waals surface area contributed by atoms with E-state index < -0.39 is 11.9 Å². The van der Waals surface area contributed by atoms with Crippen LogP contribution in [0.4, 0.5) is 10.1 Å². The molecule has 104 valence electrons. The van der Waals surface area contributed by atoms with Gasteiger partial charge in [0.05, 0.1) is 22.8 Å². The standard InChI is InChI=1S/C13H9BrClFN2O2/c1-20-11-9(14)5-7(15)6-10(11)18-13(19)8-3-2-4-17-12(8)16/h2-6H,1H3,(H,18,19). The first-order chi connectivity index (χ1) is 9.52. The summed E-state index contributed by atoms with van der Waals surface area (Å²) in [5.74, 6) is -1.08. The van der Waals surface area contributed by atoms with E-state index in [9.17, 15) is 9.18 Å². The summed E-state index contributed by atoms with van der Waals surface area (Å²) in [6, 6.07) is 5.95. The quantitative estimate of drug-likeness (QED) is 0.846. The van der Waals surface area contributed by atoms with Crippen molar-refractivity contribution in [3.05, 3.63) is 51.5 Å². The molecule has 1 aromatic heterocycles. The Bertz CT molecular complexity index is 667. The number of nitrogens with one attached hydrogen (secondary N) is 1. The number of amides is 1. The van der Waals surface area contributed by atoms with E-state index in [4.69, 9.17) is 16.3 Å². The molecule has 1 N–H and O–H groups in total. The lowest BCUT2D eigenvalue weighted by Crippen LogP contribution is -2.15. The van der Waals surface area contributed by atoms with Crippen molar-refractivity contribution >= 4 is 39.1 Å². The molecule has 0 spiro atoms. The van der Waals surface area contributed by atoms with E-state index in [2.05, 4.69) is 26.2 Å². The minimum absolute atomic E-state index is 0.161. The van der Waals surface area contributed by atoms with Gasteiger partial charge >= 0.3 is 0 Å². The maximum atomic E-state index is 13.4. The molecule has 2 rings (SSSR count). The number of hydrogen-bond acceptors (Lipinski definition) is 3. The monoisotopic (exact) mass is 358 g/mol. The molecular weight excluding hydrogens is 351 g/mol. The number of methoxy groups -OCH3 is 1. The van der Waals surface area contributed by atoms with E-state index in [-0.39, 0.29) is 5.56 Å². The molecule has 1 amide bonds. The fourth-order valence-electron chi connectivity index (χ4n) is 1.61. The van der Waals surface area contributed by atoms with Crippen LogP contribution in [-0.4, -0.2) is 18.0 Å². The molecule has 0 aliphatic heterocycles. The Morgan fingerprint density at radius 1 is 1.50 bits per heavy atom. The molecule has 0 aliphatic carbocycles. The summed E-state index contributed by atoms with van der Waals surface area (Å²) in [4.78, 5) is 15.4. The zero-order chi connectivity index (χ0) is 14.7. The summed E-state index contributed by atoms with van der Waals surface area (Å²) >= 11 is 9.19. The van der Waals surface area contributed by atoms with Gasteiger partial charge in [-0.2, -0.15) is 4.39 Å². The summed E-state index contributed by atoms with van der Waals surface area (Å²) in [5.41, 5.74) is 0.172. The number of halogens is 3. The molecule has 1 heterocycles. The van der Waals surface area contributed by atoms with Crippen molar-refractivity contribution in [2.45, 2.75) is 0 Å². The van der Waals surface area contributed by atoms with Crippen LogP contribution in [0, 0.1) is 5.95 Å². The van der Waals surface area contributed by atoms with Crippen LogP contribution in [0.3, 0.4) is 0 Å². The molecule has 7 heteroatoms. The van der Waals surface area contributed by atoms with E-state index in [1.54, 1.807) is 6.07 Å². The first-order valence-corrected chi connectivity index (χ1v) is 6.65. The maximum absolute atomic E-state index is 13.4. The Morgan fingerprint density at radius 2 is 2.25 bits per heavy atom. The molecule has 0 radical (unpaired) electrons. The van der Waals surface area contributed by atoms with Crippen LogP contribution in [0.1, 0.15) is 10.4 Å². The Hall–Kier alpha value is -1.66. The molecule has 0 atom stereocenters. The van der Waals surface area contributed by atoms with E-state index in [1.165, 1.54) is 31.5 Å². The second-order valence-electron chi connectivity index (χ2n) is 3.76. The molecule has 0 aliphatic rings. The predicted molar refractivity (Wildman–Crippen MR) is 77.9 cm³/mol. The van der Waals surface area contributed by atoms with E-state index in [1.807, 2.05) is 0 Å². The van der Waals surface area contributed by atoms with Crippen LogP contribution in [0.2, 0.25) is 5.02 Å². The molecule has 0 bridgehead atoms. The number of ether oxygens (including phenoxy) is 1. The zero-order valence-corrected chi connectivity index (χ0v) is 12.6. The predicted octanol–water partition coefficient (Wildman–Crippen LogP) is 3.90. The third kappa shape index (κ3) is 3.08. The van der Waals surface area contributed by atoms with Crippen LogP contribution >= 0.6 is 27.5 Å². The molecule has 0 unspecified atom stereocenters. The Kier molecular flexibility index (Phi) is 4.57. The van der Waals surface area contributed by atoms with E-state index in [0.29, 0.717) is 20.9 Å². The number of anilines is 1. The normalized spacial score (nSPS) is 10.2. The molecule has 2 aromatic rings. The van der Waals surface area contributed by atoms with Crippen molar-refractivity contribution in [1.29, 1.82) is 0 Å². The van der Waals surface area contributed by atoms with Crippen molar-refractivity contribution in [2.75, 3.05) is 12.4 Å². The van der Waals surface area contributed by atoms with Crippen LogP contribution in [0.15, 0.2) is 34.9 Å². The van der Waals surface area contributed by atoms with Crippen LogP contribution < -0.4 is 10.1 Å². The van der Waals surface area contributed by atoms with Crippen LogP contribution in [-0.2, 0) is 0 Å². The lowest BCUT2D eigenvalue weighted by atomic mass is 10.2. The van der Waals surface area contributed by atoms with Gasteiger partial charge in [0.1, 0.15) is 0 Å². The maximum Gasteiger partial charge on any atom is 0.260 e. The van der Waals surface area contributed by atoms with Crippen molar-refractivity contribution in [3.63, 3.8) is 0 Å². The average molecular weight is 360 g/mol. The van der Waals surface area contributed by atoms with Crippen LogP contribution in [0.5, 0.6) is 5.75 Å². The number of aromatic nitrogens is 1. The van der Waals surface area contributed by atoms with Crippen molar-refractivity contribution in [1.82, 2.24) is 4.98 Å². The van der Waals surface area contributed by atoms with Gasteiger partial charge in [-0.05, 0) is 40.2 Å². The minimum atomic E-state index is -0.843. The number of benzene rings is 1. The number of pyridine rings is 1. The lowest BCUT2D eigenvalue weighted by Gasteiger charge is -2.12. The third-order valence-corrected chi connectivity index (χ3v) is 3.27. The highest BCUT2D eigenvalue weighted by Crippen LogP contribution is 2.36. The van der Waals surface area contributed by atoms with E-state index >= 15 is 0 Å². The highest BCUT2D eigenvalue weighted by atomic mass is 79.9.